The summed E-state index contributed by atoms with van der Waals surface area (Å²) in [4.78, 5) is 24.9. The second-order valence-corrected chi connectivity index (χ2v) is 6.04. The van der Waals surface area contributed by atoms with Crippen molar-refractivity contribution >= 4 is 12.0 Å². The predicted molar refractivity (Wildman–Crippen MR) is 72.6 cm³/mol. The van der Waals surface area contributed by atoms with E-state index in [-0.39, 0.29) is 12.2 Å². The number of methoxy groups -OCH3 is 2. The van der Waals surface area contributed by atoms with Crippen LogP contribution in [0.3, 0.4) is 0 Å². The molecule has 2 unspecified atom stereocenters. The van der Waals surface area contributed by atoms with Crippen LogP contribution in [0.5, 0.6) is 0 Å². The first kappa shape index (κ1) is 16.7. The van der Waals surface area contributed by atoms with Crippen LogP contribution in [0.1, 0.15) is 20.8 Å². The quantitative estimate of drug-likeness (QED) is 0.788. The molecule has 7 heteroatoms. The number of carboxylic acid groups (broad SMARTS) is 1. The monoisotopic (exact) mass is 288 g/mol. The number of nitrogens with one attached hydrogen (secondary N) is 1. The number of nitrogens with zero attached hydrogens (tertiary/aromatic N) is 1. The van der Waals surface area contributed by atoms with Gasteiger partial charge in [0.2, 0.25) is 0 Å². The van der Waals surface area contributed by atoms with Gasteiger partial charge in [0.1, 0.15) is 18.2 Å². The third-order valence-electron chi connectivity index (χ3n) is 3.49. The van der Waals surface area contributed by atoms with Gasteiger partial charge in [0, 0.05) is 14.2 Å². The lowest BCUT2D eigenvalue weighted by atomic mass is 9.87. The van der Waals surface area contributed by atoms with Crippen LogP contribution in [-0.4, -0.2) is 67.6 Å². The molecule has 0 saturated carbocycles. The normalized spacial score (nSPS) is 24.6. The third kappa shape index (κ3) is 3.83. The van der Waals surface area contributed by atoms with Crippen LogP contribution in [-0.2, 0) is 14.3 Å². The summed E-state index contributed by atoms with van der Waals surface area (Å²) in [6.45, 7) is 6.08. The molecule has 0 aromatic heterocycles. The Hall–Kier alpha value is -1.34. The first-order valence-electron chi connectivity index (χ1n) is 6.54. The van der Waals surface area contributed by atoms with Gasteiger partial charge in [-0.15, -0.1) is 0 Å². The van der Waals surface area contributed by atoms with Crippen molar-refractivity contribution in [3.63, 3.8) is 0 Å². The average Bonchev–Trinajstić information content (AvgIpc) is 2.76. The Morgan fingerprint density at radius 3 is 1.95 bits per heavy atom. The zero-order valence-corrected chi connectivity index (χ0v) is 12.7. The molecule has 1 heterocycles. The predicted octanol–water partition coefficient (Wildman–Crippen LogP) is 0.541. The van der Waals surface area contributed by atoms with Gasteiger partial charge >= 0.3 is 12.0 Å². The number of likely N-dealkylation sites (tertiary alicyclic amines) is 1. The second kappa shape index (κ2) is 6.41. The van der Waals surface area contributed by atoms with E-state index < -0.39 is 23.5 Å². The summed E-state index contributed by atoms with van der Waals surface area (Å²) in [6, 6.07) is -1.36. The van der Waals surface area contributed by atoms with Gasteiger partial charge in [0.25, 0.3) is 0 Å². The lowest BCUT2D eigenvalue weighted by Crippen LogP contribution is -2.53. The molecule has 2 amide bonds. The standard InChI is InChI=1S/C13H24N2O5/c1-13(2,3)10(11(16)17)14-12(18)15-6-8(19-4)9(7-15)20-5/h8-10H,6-7H2,1-5H3,(H,14,18)(H,16,17)/t8?,9?,10-/m1/s1. The first-order chi connectivity index (χ1) is 9.20. The number of aliphatic carboxylic acids is 1. The highest BCUT2D eigenvalue weighted by atomic mass is 16.5. The molecular formula is C13H24N2O5. The number of urea groups is 1. The minimum Gasteiger partial charge on any atom is -0.480 e. The molecule has 1 aliphatic heterocycles. The smallest absolute Gasteiger partial charge is 0.326 e. The van der Waals surface area contributed by atoms with Crippen LogP contribution >= 0.6 is 0 Å². The first-order valence-corrected chi connectivity index (χ1v) is 6.54. The molecule has 1 rings (SSSR count). The van der Waals surface area contributed by atoms with Gasteiger partial charge in [0.05, 0.1) is 13.1 Å². The molecular weight excluding hydrogens is 264 g/mol. The lowest BCUT2D eigenvalue weighted by Gasteiger charge is -2.29. The molecule has 0 spiro atoms. The molecule has 0 radical (unpaired) electrons. The maximum absolute atomic E-state index is 12.2. The Morgan fingerprint density at radius 1 is 1.20 bits per heavy atom. The van der Waals surface area contributed by atoms with E-state index in [9.17, 15) is 14.7 Å². The van der Waals surface area contributed by atoms with Crippen LogP contribution in [0, 0.1) is 5.41 Å². The Labute approximate surface area is 119 Å². The fourth-order valence-corrected chi connectivity index (χ4v) is 2.23. The molecule has 1 fully saturated rings. The molecule has 2 N–H and O–H groups in total. The van der Waals surface area contributed by atoms with Gasteiger partial charge in [-0.25, -0.2) is 9.59 Å². The summed E-state index contributed by atoms with van der Waals surface area (Å²) in [6.07, 6.45) is -0.382. The van der Waals surface area contributed by atoms with Crippen molar-refractivity contribution in [2.75, 3.05) is 27.3 Å². The van der Waals surface area contributed by atoms with Gasteiger partial charge in [-0.05, 0) is 5.41 Å². The molecule has 0 bridgehead atoms. The number of amides is 2. The Balaban J connectivity index is 2.69. The average molecular weight is 288 g/mol. The fourth-order valence-electron chi connectivity index (χ4n) is 2.23. The molecule has 3 atom stereocenters. The van der Waals surface area contributed by atoms with E-state index in [1.54, 1.807) is 35.0 Å². The number of carbonyl (C=O) groups is 2. The van der Waals surface area contributed by atoms with E-state index in [0.717, 1.165) is 0 Å². The molecule has 1 saturated heterocycles. The summed E-state index contributed by atoms with van der Waals surface area (Å²) < 4.78 is 10.5. The third-order valence-corrected chi connectivity index (χ3v) is 3.49. The van der Waals surface area contributed by atoms with Crippen molar-refractivity contribution in [3.05, 3.63) is 0 Å². The van der Waals surface area contributed by atoms with Crippen molar-refractivity contribution in [1.29, 1.82) is 0 Å². The van der Waals surface area contributed by atoms with Crippen LogP contribution in [0.4, 0.5) is 4.79 Å². The zero-order chi connectivity index (χ0) is 15.5. The Kier molecular flexibility index (Phi) is 5.35. The van der Waals surface area contributed by atoms with Crippen LogP contribution < -0.4 is 5.32 Å². The van der Waals surface area contributed by atoms with Crippen molar-refractivity contribution in [3.8, 4) is 0 Å². The number of carboxylic acids is 1. The van der Waals surface area contributed by atoms with Crippen molar-refractivity contribution in [2.45, 2.75) is 39.0 Å². The van der Waals surface area contributed by atoms with Crippen LogP contribution in [0.25, 0.3) is 0 Å². The summed E-state index contributed by atoms with van der Waals surface area (Å²) >= 11 is 0. The number of ether oxygens (including phenoxy) is 2. The van der Waals surface area contributed by atoms with E-state index in [1.165, 1.54) is 4.90 Å². The minimum absolute atomic E-state index is 0.191. The maximum atomic E-state index is 12.2. The van der Waals surface area contributed by atoms with Crippen LogP contribution in [0.2, 0.25) is 0 Å². The van der Waals surface area contributed by atoms with E-state index in [2.05, 4.69) is 5.32 Å². The number of hydrogen-bond acceptors (Lipinski definition) is 4. The van der Waals surface area contributed by atoms with Gasteiger partial charge in [-0.2, -0.15) is 0 Å². The summed E-state index contributed by atoms with van der Waals surface area (Å²) in [5.74, 6) is -1.04. The lowest BCUT2D eigenvalue weighted by molar-refractivity contribution is -0.142. The zero-order valence-electron chi connectivity index (χ0n) is 12.7. The van der Waals surface area contributed by atoms with Crippen molar-refractivity contribution < 1.29 is 24.2 Å². The highest BCUT2D eigenvalue weighted by Crippen LogP contribution is 2.21. The number of carbonyl (C=O) groups excluding carboxylic acids is 1. The topological polar surface area (TPSA) is 88.1 Å². The van der Waals surface area contributed by atoms with E-state index in [0.29, 0.717) is 13.1 Å². The highest BCUT2D eigenvalue weighted by Gasteiger charge is 2.39. The van der Waals surface area contributed by atoms with Gasteiger partial charge in [-0.1, -0.05) is 20.8 Å². The summed E-state index contributed by atoms with van der Waals surface area (Å²) in [5.41, 5.74) is -0.567. The summed E-state index contributed by atoms with van der Waals surface area (Å²) in [7, 11) is 3.13. The van der Waals surface area contributed by atoms with Crippen LogP contribution in [0.15, 0.2) is 0 Å². The number of rotatable bonds is 4. The van der Waals surface area contributed by atoms with Gasteiger partial charge in [-0.3, -0.25) is 0 Å². The summed E-state index contributed by atoms with van der Waals surface area (Å²) in [5, 5.41) is 11.8. The molecule has 20 heavy (non-hydrogen) atoms. The van der Waals surface area contributed by atoms with E-state index in [1.807, 2.05) is 0 Å². The fraction of sp³-hybridized carbons (Fsp3) is 0.846. The molecule has 0 aromatic carbocycles. The van der Waals surface area contributed by atoms with E-state index >= 15 is 0 Å². The Morgan fingerprint density at radius 2 is 1.65 bits per heavy atom. The SMILES string of the molecule is COC1CN(C(=O)N[C@H](C(=O)O)C(C)(C)C)CC1OC. The molecule has 0 aliphatic carbocycles. The largest absolute Gasteiger partial charge is 0.480 e. The molecule has 1 aliphatic rings. The molecule has 0 aromatic rings. The molecule has 116 valence electrons. The Bertz CT molecular complexity index is 354. The van der Waals surface area contributed by atoms with E-state index in [4.69, 9.17) is 9.47 Å². The van der Waals surface area contributed by atoms with Gasteiger partial charge in [0.15, 0.2) is 0 Å². The number of hydrogen-bond donors (Lipinski definition) is 2. The minimum atomic E-state index is -1.04. The highest BCUT2D eigenvalue weighted by molar-refractivity contribution is 5.83. The van der Waals surface area contributed by atoms with Crippen molar-refractivity contribution in [1.82, 2.24) is 10.2 Å². The van der Waals surface area contributed by atoms with Gasteiger partial charge < -0.3 is 24.8 Å². The maximum Gasteiger partial charge on any atom is 0.326 e. The second-order valence-electron chi connectivity index (χ2n) is 6.04. The molecule has 7 nitrogen and oxygen atoms in total. The van der Waals surface area contributed by atoms with Crippen molar-refractivity contribution in [2.24, 2.45) is 5.41 Å².